The van der Waals surface area contributed by atoms with Gasteiger partial charge in [-0.05, 0) is 0 Å². The van der Waals surface area contributed by atoms with E-state index in [-0.39, 0.29) is 12.1 Å². The van der Waals surface area contributed by atoms with Crippen molar-refractivity contribution in [3.8, 4) is 11.8 Å². The molecule has 0 radical (unpaired) electrons. The van der Waals surface area contributed by atoms with Crippen molar-refractivity contribution < 1.29 is 61.4 Å². The molecule has 2 rings (SSSR count). The summed E-state index contributed by atoms with van der Waals surface area (Å²) >= 11 is 0. The van der Waals surface area contributed by atoms with E-state index in [4.69, 9.17) is 25.2 Å². The van der Waals surface area contributed by atoms with Crippen molar-refractivity contribution in [3.05, 3.63) is 32.6 Å². The number of hydrogen-bond donors (Lipinski definition) is 8. The molecule has 0 amide bonds. The van der Waals surface area contributed by atoms with E-state index in [2.05, 4.69) is 25.0 Å². The van der Waals surface area contributed by atoms with Crippen molar-refractivity contribution in [3.63, 3.8) is 0 Å². The number of hydrogen-bond acceptors (Lipinski definition) is 12. The summed E-state index contributed by atoms with van der Waals surface area (Å²) in [5, 5.41) is 20.3. The van der Waals surface area contributed by atoms with Gasteiger partial charge in [0.1, 0.15) is 23.9 Å². The van der Waals surface area contributed by atoms with Gasteiger partial charge in [0.05, 0.1) is 13.2 Å². The highest BCUT2D eigenvalue weighted by Gasteiger charge is 2.46. The summed E-state index contributed by atoms with van der Waals surface area (Å²) in [6.45, 7) is -1.20. The van der Waals surface area contributed by atoms with Gasteiger partial charge < -0.3 is 40.3 Å². The van der Waals surface area contributed by atoms with Gasteiger partial charge >= 0.3 is 29.2 Å². The SMILES string of the molecule is NCC#Cc1cn([C@@H]2O[C@H](COP(=O)(O)OP(=O)(O)OP(=O)(O)O)[C@@H](O)[C@H]2O)c(=O)[nH]c1=O. The Morgan fingerprint density at radius 3 is 2.30 bits per heavy atom. The van der Waals surface area contributed by atoms with E-state index in [1.54, 1.807) is 0 Å². The number of H-pyrrole nitrogens is 1. The van der Waals surface area contributed by atoms with Gasteiger partial charge in [-0.25, -0.2) is 18.5 Å². The summed E-state index contributed by atoms with van der Waals surface area (Å²) in [5.74, 6) is 4.75. The Labute approximate surface area is 183 Å². The number of aliphatic hydroxyl groups is 2. The van der Waals surface area contributed by atoms with Crippen molar-refractivity contribution >= 4 is 23.5 Å². The predicted molar refractivity (Wildman–Crippen MR) is 103 cm³/mol. The van der Waals surface area contributed by atoms with Gasteiger partial charge in [-0.3, -0.25) is 18.9 Å². The number of aromatic amines is 1. The van der Waals surface area contributed by atoms with Gasteiger partial charge in [0.25, 0.3) is 5.56 Å². The van der Waals surface area contributed by atoms with E-state index in [0.717, 1.165) is 6.20 Å². The third-order valence-corrected chi connectivity index (χ3v) is 7.52. The van der Waals surface area contributed by atoms with Crippen LogP contribution in [-0.4, -0.2) is 70.8 Å². The van der Waals surface area contributed by atoms with E-state index in [0.29, 0.717) is 4.57 Å². The molecule has 0 aromatic carbocycles. The molecule has 0 aliphatic carbocycles. The van der Waals surface area contributed by atoms with Crippen molar-refractivity contribution in [2.24, 2.45) is 5.73 Å². The minimum atomic E-state index is -5.77. The number of aliphatic hydroxyl groups excluding tert-OH is 2. The first kappa shape index (κ1) is 27.7. The van der Waals surface area contributed by atoms with Crippen LogP contribution in [-0.2, 0) is 31.6 Å². The monoisotopic (exact) mass is 537 g/mol. The number of nitrogens with zero attached hydrogens (tertiary/aromatic N) is 1. The van der Waals surface area contributed by atoms with Gasteiger partial charge in [-0.2, -0.15) is 8.62 Å². The molecule has 186 valence electrons. The molecule has 6 atom stereocenters. The van der Waals surface area contributed by atoms with Crippen LogP contribution in [0.5, 0.6) is 0 Å². The van der Waals surface area contributed by atoms with Crippen LogP contribution in [0.2, 0.25) is 0 Å². The van der Waals surface area contributed by atoms with Crippen LogP contribution in [0.1, 0.15) is 11.8 Å². The maximum atomic E-state index is 12.1. The van der Waals surface area contributed by atoms with Crippen LogP contribution in [0, 0.1) is 11.8 Å². The molecule has 33 heavy (non-hydrogen) atoms. The molecule has 0 spiro atoms. The molecule has 2 unspecified atom stereocenters. The topological polar surface area (TPSA) is 290 Å². The first-order chi connectivity index (χ1) is 15.1. The first-order valence-electron chi connectivity index (χ1n) is 8.39. The molecule has 1 aliphatic heterocycles. The number of nitrogens with two attached hydrogens (primary N) is 1. The van der Waals surface area contributed by atoms with Crippen molar-refractivity contribution in [2.45, 2.75) is 24.5 Å². The highest BCUT2D eigenvalue weighted by molar-refractivity contribution is 7.66. The summed E-state index contributed by atoms with van der Waals surface area (Å²) in [7, 11) is -16.9. The average molecular weight is 537 g/mol. The number of aromatic nitrogens is 2. The molecule has 1 saturated heterocycles. The Hall–Kier alpha value is -1.51. The molecule has 1 aromatic rings. The lowest BCUT2D eigenvalue weighted by atomic mass is 10.1. The molecule has 1 aromatic heterocycles. The summed E-state index contributed by atoms with van der Waals surface area (Å²) in [5.41, 5.74) is 3.05. The fraction of sp³-hybridized carbons (Fsp3) is 0.500. The van der Waals surface area contributed by atoms with Crippen molar-refractivity contribution in [2.75, 3.05) is 13.2 Å². The van der Waals surface area contributed by atoms with Crippen molar-refractivity contribution in [1.29, 1.82) is 0 Å². The molecular formula is C12H18N3O15P3. The van der Waals surface area contributed by atoms with Gasteiger partial charge in [0.2, 0.25) is 0 Å². The van der Waals surface area contributed by atoms with Gasteiger partial charge in [0, 0.05) is 6.20 Å². The van der Waals surface area contributed by atoms with E-state index in [9.17, 15) is 38.4 Å². The molecule has 1 aliphatic rings. The van der Waals surface area contributed by atoms with Crippen LogP contribution in [0.3, 0.4) is 0 Å². The predicted octanol–water partition coefficient (Wildman–Crippen LogP) is -3.19. The number of rotatable bonds is 8. The normalized spacial score (nSPS) is 26.8. The van der Waals surface area contributed by atoms with Crippen LogP contribution < -0.4 is 17.0 Å². The average Bonchev–Trinajstić information content (AvgIpc) is 2.91. The largest absolute Gasteiger partial charge is 0.490 e. The second-order valence-electron chi connectivity index (χ2n) is 6.15. The van der Waals surface area contributed by atoms with E-state index in [1.165, 1.54) is 0 Å². The third kappa shape index (κ3) is 7.76. The molecule has 9 N–H and O–H groups in total. The molecule has 2 heterocycles. The Morgan fingerprint density at radius 1 is 1.09 bits per heavy atom. The number of phosphoric acid groups is 3. The molecule has 0 saturated carbocycles. The standard InChI is InChI=1S/C12H18N3O15P3/c13-3-1-2-6-4-15(12(19)14-10(6)18)11-9(17)8(16)7(28-11)5-27-32(23,24)30-33(25,26)29-31(20,21)22/h4,7-9,11,16-17H,3,5,13H2,(H,23,24)(H,25,26)(H,14,18,19)(H2,20,21,22)/t7-,8-,9-,11-/m1/s1. The maximum absolute atomic E-state index is 12.1. The highest BCUT2D eigenvalue weighted by Crippen LogP contribution is 2.66. The number of ether oxygens (including phenoxy) is 1. The fourth-order valence-corrected chi connectivity index (χ4v) is 5.51. The van der Waals surface area contributed by atoms with Crippen molar-refractivity contribution in [1.82, 2.24) is 9.55 Å². The second-order valence-corrected chi connectivity index (χ2v) is 10.6. The third-order valence-electron chi connectivity index (χ3n) is 3.72. The quantitative estimate of drug-likeness (QED) is 0.120. The first-order valence-corrected chi connectivity index (χ1v) is 12.9. The molecule has 18 nitrogen and oxygen atoms in total. The van der Waals surface area contributed by atoms with E-state index >= 15 is 0 Å². The lowest BCUT2D eigenvalue weighted by molar-refractivity contribution is -0.0542. The number of nitrogens with one attached hydrogen (secondary N) is 1. The maximum Gasteiger partial charge on any atom is 0.490 e. The molecule has 21 heteroatoms. The lowest BCUT2D eigenvalue weighted by Crippen LogP contribution is -2.38. The molecular weight excluding hydrogens is 519 g/mol. The smallest absolute Gasteiger partial charge is 0.387 e. The van der Waals surface area contributed by atoms with E-state index in [1.807, 2.05) is 4.98 Å². The Balaban J connectivity index is 2.16. The summed E-state index contributed by atoms with van der Waals surface area (Å²) < 4.78 is 51.0. The zero-order chi connectivity index (χ0) is 25.2. The molecule has 0 bridgehead atoms. The zero-order valence-corrected chi connectivity index (χ0v) is 18.7. The van der Waals surface area contributed by atoms with E-state index < -0.39 is 65.9 Å². The minimum absolute atomic E-state index is 0.109. The Morgan fingerprint density at radius 2 is 1.73 bits per heavy atom. The van der Waals surface area contributed by atoms with Gasteiger partial charge in [-0.15, -0.1) is 0 Å². The zero-order valence-electron chi connectivity index (χ0n) is 16.0. The summed E-state index contributed by atoms with van der Waals surface area (Å²) in [4.78, 5) is 61.3. The Kier molecular flexibility index (Phi) is 8.74. The van der Waals surface area contributed by atoms with Gasteiger partial charge in [-0.1, -0.05) is 11.8 Å². The van der Waals surface area contributed by atoms with Crippen LogP contribution >= 0.6 is 23.5 Å². The van der Waals surface area contributed by atoms with Crippen LogP contribution in [0.15, 0.2) is 15.8 Å². The fourth-order valence-electron chi connectivity index (χ4n) is 2.48. The van der Waals surface area contributed by atoms with Crippen LogP contribution in [0.25, 0.3) is 0 Å². The minimum Gasteiger partial charge on any atom is -0.387 e. The molecule has 1 fully saturated rings. The second kappa shape index (κ2) is 10.4. The van der Waals surface area contributed by atoms with Gasteiger partial charge in [0.15, 0.2) is 6.23 Å². The summed E-state index contributed by atoms with van der Waals surface area (Å²) in [6.07, 6.45) is -6.04. The lowest BCUT2D eigenvalue weighted by Gasteiger charge is -2.19. The highest BCUT2D eigenvalue weighted by atomic mass is 31.3. The number of phosphoric ester groups is 1. The summed E-state index contributed by atoms with van der Waals surface area (Å²) in [6, 6.07) is 0. The van der Waals surface area contributed by atoms with Crippen LogP contribution in [0.4, 0.5) is 0 Å². The Bertz CT molecular complexity index is 1190.